The van der Waals surface area contributed by atoms with E-state index in [9.17, 15) is 14.9 Å². The molecule has 3 rings (SSSR count). The molecule has 0 aliphatic heterocycles. The van der Waals surface area contributed by atoms with E-state index in [1.165, 1.54) is 18.2 Å². The summed E-state index contributed by atoms with van der Waals surface area (Å²) in [5.74, 6) is -0.220. The third kappa shape index (κ3) is 3.13. The Bertz CT molecular complexity index is 920. The van der Waals surface area contributed by atoms with Gasteiger partial charge in [-0.3, -0.25) is 14.9 Å². The number of rotatable bonds is 4. The van der Waals surface area contributed by atoms with Crippen molar-refractivity contribution in [3.05, 3.63) is 81.6 Å². The van der Waals surface area contributed by atoms with Crippen molar-refractivity contribution in [1.82, 2.24) is 0 Å². The predicted molar refractivity (Wildman–Crippen MR) is 90.2 cm³/mol. The zero-order chi connectivity index (χ0) is 17.1. The van der Waals surface area contributed by atoms with Gasteiger partial charge in [-0.1, -0.05) is 35.9 Å². The summed E-state index contributed by atoms with van der Waals surface area (Å²) < 4.78 is 5.47. The van der Waals surface area contributed by atoms with Gasteiger partial charge < -0.3 is 9.73 Å². The van der Waals surface area contributed by atoms with Crippen LogP contribution in [0.15, 0.2) is 65.1 Å². The van der Waals surface area contributed by atoms with Crippen LogP contribution in [0.1, 0.15) is 10.6 Å². The van der Waals surface area contributed by atoms with E-state index in [2.05, 4.69) is 5.32 Å². The van der Waals surface area contributed by atoms with Crippen molar-refractivity contribution < 1.29 is 14.1 Å². The van der Waals surface area contributed by atoms with Crippen LogP contribution in [0.25, 0.3) is 11.3 Å². The average Bonchev–Trinajstić information content (AvgIpc) is 3.07. The van der Waals surface area contributed by atoms with Crippen molar-refractivity contribution in [1.29, 1.82) is 0 Å². The minimum Gasteiger partial charge on any atom is -0.451 e. The standard InChI is InChI=1S/C17H11ClN2O4/c18-12-6-2-3-7-13(12)19-17(21)16-10-9-15(24-16)11-5-1-4-8-14(11)20(22)23/h1-10H,(H,19,21). The molecule has 1 heterocycles. The monoisotopic (exact) mass is 342 g/mol. The van der Waals surface area contributed by atoms with Gasteiger partial charge in [0.25, 0.3) is 11.6 Å². The molecule has 120 valence electrons. The Balaban J connectivity index is 1.87. The number of halogens is 1. The number of nitrogens with zero attached hydrogens (tertiary/aromatic N) is 1. The third-order valence-electron chi connectivity index (χ3n) is 3.32. The molecule has 0 radical (unpaired) electrons. The molecular weight excluding hydrogens is 332 g/mol. The zero-order valence-corrected chi connectivity index (χ0v) is 13.0. The Morgan fingerprint density at radius 3 is 2.50 bits per heavy atom. The summed E-state index contributed by atoms with van der Waals surface area (Å²) in [4.78, 5) is 22.8. The van der Waals surface area contributed by atoms with E-state index in [0.29, 0.717) is 16.3 Å². The van der Waals surface area contributed by atoms with E-state index in [4.69, 9.17) is 16.0 Å². The molecular formula is C17H11ClN2O4. The van der Waals surface area contributed by atoms with Crippen molar-refractivity contribution in [2.24, 2.45) is 0 Å². The lowest BCUT2D eigenvalue weighted by atomic mass is 10.1. The Labute approximate surface area is 141 Å². The number of carbonyl (C=O) groups excluding carboxylic acids is 1. The van der Waals surface area contributed by atoms with Crippen molar-refractivity contribution in [2.75, 3.05) is 5.32 Å². The van der Waals surface area contributed by atoms with Crippen molar-refractivity contribution in [2.45, 2.75) is 0 Å². The number of anilines is 1. The first kappa shape index (κ1) is 15.8. The molecule has 0 saturated carbocycles. The second kappa shape index (κ2) is 6.55. The first-order valence-corrected chi connectivity index (χ1v) is 7.33. The van der Waals surface area contributed by atoms with E-state index in [0.717, 1.165) is 0 Å². The van der Waals surface area contributed by atoms with Crippen LogP contribution < -0.4 is 5.32 Å². The number of para-hydroxylation sites is 2. The summed E-state index contributed by atoms with van der Waals surface area (Å²) in [6.45, 7) is 0. The SMILES string of the molecule is O=C(Nc1ccccc1Cl)c1ccc(-c2ccccc2[N+](=O)[O-])o1. The molecule has 0 aliphatic carbocycles. The molecule has 0 unspecified atom stereocenters. The summed E-state index contributed by atoms with van der Waals surface area (Å²) in [6, 6.07) is 15.9. The molecule has 3 aromatic rings. The highest BCUT2D eigenvalue weighted by Crippen LogP contribution is 2.31. The number of nitrogens with one attached hydrogen (secondary N) is 1. The molecule has 0 atom stereocenters. The molecule has 7 heteroatoms. The van der Waals surface area contributed by atoms with E-state index >= 15 is 0 Å². The van der Waals surface area contributed by atoms with Crippen molar-refractivity contribution in [3.63, 3.8) is 0 Å². The zero-order valence-electron chi connectivity index (χ0n) is 12.2. The van der Waals surface area contributed by atoms with Crippen LogP contribution in [-0.2, 0) is 0 Å². The molecule has 1 aromatic heterocycles. The highest BCUT2D eigenvalue weighted by molar-refractivity contribution is 6.33. The lowest BCUT2D eigenvalue weighted by molar-refractivity contribution is -0.384. The van der Waals surface area contributed by atoms with Gasteiger partial charge in [0.2, 0.25) is 0 Å². The maximum absolute atomic E-state index is 12.2. The number of nitro benzene ring substituents is 1. The van der Waals surface area contributed by atoms with Crippen LogP contribution in [0.3, 0.4) is 0 Å². The first-order chi connectivity index (χ1) is 11.6. The molecule has 0 fully saturated rings. The van der Waals surface area contributed by atoms with Gasteiger partial charge in [0.1, 0.15) is 5.76 Å². The van der Waals surface area contributed by atoms with Crippen LogP contribution in [-0.4, -0.2) is 10.8 Å². The Morgan fingerprint density at radius 2 is 1.75 bits per heavy atom. The molecule has 0 aliphatic rings. The fourth-order valence-corrected chi connectivity index (χ4v) is 2.38. The topological polar surface area (TPSA) is 85.4 Å². The number of amides is 1. The fourth-order valence-electron chi connectivity index (χ4n) is 2.19. The summed E-state index contributed by atoms with van der Waals surface area (Å²) in [7, 11) is 0. The van der Waals surface area contributed by atoms with Gasteiger partial charge in [-0.15, -0.1) is 0 Å². The van der Waals surface area contributed by atoms with Crippen LogP contribution in [0, 0.1) is 10.1 Å². The molecule has 0 spiro atoms. The molecule has 6 nitrogen and oxygen atoms in total. The molecule has 1 amide bonds. The first-order valence-electron chi connectivity index (χ1n) is 6.96. The summed E-state index contributed by atoms with van der Waals surface area (Å²) in [6.07, 6.45) is 0. The molecule has 24 heavy (non-hydrogen) atoms. The number of benzene rings is 2. The van der Waals surface area contributed by atoms with Gasteiger partial charge in [0, 0.05) is 6.07 Å². The maximum Gasteiger partial charge on any atom is 0.291 e. The quantitative estimate of drug-likeness (QED) is 0.547. The fraction of sp³-hybridized carbons (Fsp3) is 0. The van der Waals surface area contributed by atoms with Crippen molar-refractivity contribution >= 4 is 28.9 Å². The van der Waals surface area contributed by atoms with E-state index in [1.54, 1.807) is 42.5 Å². The van der Waals surface area contributed by atoms with Gasteiger partial charge >= 0.3 is 0 Å². The van der Waals surface area contributed by atoms with Gasteiger partial charge in [0.05, 0.1) is 21.2 Å². The number of hydrogen-bond donors (Lipinski definition) is 1. The van der Waals surface area contributed by atoms with Crippen LogP contribution in [0.5, 0.6) is 0 Å². The van der Waals surface area contributed by atoms with Crippen LogP contribution in [0.4, 0.5) is 11.4 Å². The summed E-state index contributed by atoms with van der Waals surface area (Å²) >= 11 is 5.99. The summed E-state index contributed by atoms with van der Waals surface area (Å²) in [5, 5.41) is 14.1. The second-order valence-electron chi connectivity index (χ2n) is 4.87. The average molecular weight is 343 g/mol. The number of nitro groups is 1. The highest BCUT2D eigenvalue weighted by Gasteiger charge is 2.19. The highest BCUT2D eigenvalue weighted by atomic mass is 35.5. The van der Waals surface area contributed by atoms with E-state index in [1.807, 2.05) is 0 Å². The maximum atomic E-state index is 12.2. The molecule has 0 bridgehead atoms. The Kier molecular flexibility index (Phi) is 4.31. The molecule has 2 aromatic carbocycles. The van der Waals surface area contributed by atoms with E-state index < -0.39 is 10.8 Å². The minimum absolute atomic E-state index is 0.0306. The van der Waals surface area contributed by atoms with Gasteiger partial charge in [-0.05, 0) is 30.3 Å². The summed E-state index contributed by atoms with van der Waals surface area (Å²) in [5.41, 5.74) is 0.664. The third-order valence-corrected chi connectivity index (χ3v) is 3.65. The van der Waals surface area contributed by atoms with Crippen molar-refractivity contribution in [3.8, 4) is 11.3 Å². The largest absolute Gasteiger partial charge is 0.451 e. The van der Waals surface area contributed by atoms with Gasteiger partial charge in [0.15, 0.2) is 5.76 Å². The normalized spacial score (nSPS) is 10.4. The smallest absolute Gasteiger partial charge is 0.291 e. The van der Waals surface area contributed by atoms with Gasteiger partial charge in [-0.2, -0.15) is 0 Å². The number of carbonyl (C=O) groups is 1. The van der Waals surface area contributed by atoms with Gasteiger partial charge in [-0.25, -0.2) is 0 Å². The molecule has 1 N–H and O–H groups in total. The Morgan fingerprint density at radius 1 is 1.04 bits per heavy atom. The predicted octanol–water partition coefficient (Wildman–Crippen LogP) is 4.76. The molecule has 0 saturated heterocycles. The number of furan rings is 1. The lowest BCUT2D eigenvalue weighted by Gasteiger charge is -2.05. The lowest BCUT2D eigenvalue weighted by Crippen LogP contribution is -2.11. The number of hydrogen-bond acceptors (Lipinski definition) is 4. The van der Waals surface area contributed by atoms with Crippen LogP contribution in [0.2, 0.25) is 5.02 Å². The second-order valence-corrected chi connectivity index (χ2v) is 5.28. The van der Waals surface area contributed by atoms with E-state index in [-0.39, 0.29) is 17.2 Å². The van der Waals surface area contributed by atoms with Crippen LogP contribution >= 0.6 is 11.6 Å². The Hall–Kier alpha value is -3.12. The minimum atomic E-state index is -0.499.